The summed E-state index contributed by atoms with van der Waals surface area (Å²) in [5.41, 5.74) is 0.649. The first-order valence-electron chi connectivity index (χ1n) is 4.66. The molecule has 1 N–H and O–H groups in total. The molecule has 1 aromatic rings. The lowest BCUT2D eigenvalue weighted by atomic mass is 10.2. The van der Waals surface area contributed by atoms with Gasteiger partial charge >= 0.3 is 0 Å². The van der Waals surface area contributed by atoms with Crippen LogP contribution in [0.4, 0.5) is 0 Å². The second kappa shape index (κ2) is 5.82. The van der Waals surface area contributed by atoms with Gasteiger partial charge in [-0.25, -0.2) is 4.98 Å². The standard InChI is InChI=1S/C10H14BrN3O/c1-12-5-6-14(2)10(15)8-3-4-13-9(11)7-8/h3-4,7,12H,5-6H2,1-2H3. The van der Waals surface area contributed by atoms with Crippen LogP contribution in [0.2, 0.25) is 0 Å². The lowest BCUT2D eigenvalue weighted by molar-refractivity contribution is 0.0796. The van der Waals surface area contributed by atoms with Crippen molar-refractivity contribution in [2.45, 2.75) is 0 Å². The number of halogens is 1. The van der Waals surface area contributed by atoms with Crippen LogP contribution in [0.1, 0.15) is 10.4 Å². The zero-order valence-corrected chi connectivity index (χ0v) is 10.4. The highest BCUT2D eigenvalue weighted by Gasteiger charge is 2.10. The lowest BCUT2D eigenvalue weighted by Crippen LogP contribution is -2.32. The summed E-state index contributed by atoms with van der Waals surface area (Å²) in [5, 5.41) is 3.00. The zero-order chi connectivity index (χ0) is 11.3. The van der Waals surface area contributed by atoms with Crippen molar-refractivity contribution in [3.05, 3.63) is 28.5 Å². The van der Waals surface area contributed by atoms with Crippen molar-refractivity contribution >= 4 is 21.8 Å². The van der Waals surface area contributed by atoms with Gasteiger partial charge in [0.1, 0.15) is 4.60 Å². The maximum atomic E-state index is 11.9. The van der Waals surface area contributed by atoms with Crippen LogP contribution < -0.4 is 5.32 Å². The highest BCUT2D eigenvalue weighted by Crippen LogP contribution is 2.09. The van der Waals surface area contributed by atoms with E-state index in [-0.39, 0.29) is 5.91 Å². The number of carbonyl (C=O) groups excluding carboxylic acids is 1. The van der Waals surface area contributed by atoms with Crippen LogP contribution in [0.3, 0.4) is 0 Å². The molecule has 15 heavy (non-hydrogen) atoms. The van der Waals surface area contributed by atoms with E-state index in [1.165, 1.54) is 0 Å². The third-order valence-corrected chi connectivity index (χ3v) is 2.45. The number of amides is 1. The van der Waals surface area contributed by atoms with Gasteiger partial charge in [-0.1, -0.05) is 0 Å². The van der Waals surface area contributed by atoms with Crippen molar-refractivity contribution in [2.75, 3.05) is 27.2 Å². The number of aromatic nitrogens is 1. The number of hydrogen-bond donors (Lipinski definition) is 1. The first-order valence-corrected chi connectivity index (χ1v) is 5.46. The molecule has 1 heterocycles. The van der Waals surface area contributed by atoms with E-state index in [9.17, 15) is 4.79 Å². The number of pyridine rings is 1. The molecule has 0 atom stereocenters. The van der Waals surface area contributed by atoms with Crippen LogP contribution in [-0.4, -0.2) is 43.0 Å². The van der Waals surface area contributed by atoms with Crippen molar-refractivity contribution in [1.29, 1.82) is 0 Å². The van der Waals surface area contributed by atoms with Crippen LogP contribution >= 0.6 is 15.9 Å². The number of nitrogens with zero attached hydrogens (tertiary/aromatic N) is 2. The molecule has 0 aromatic carbocycles. The van der Waals surface area contributed by atoms with Gasteiger partial charge in [-0.2, -0.15) is 0 Å². The highest BCUT2D eigenvalue weighted by atomic mass is 79.9. The number of hydrogen-bond acceptors (Lipinski definition) is 3. The molecule has 1 aromatic heterocycles. The van der Waals surface area contributed by atoms with Gasteiger partial charge in [0.2, 0.25) is 0 Å². The summed E-state index contributed by atoms with van der Waals surface area (Å²) >= 11 is 3.24. The van der Waals surface area contributed by atoms with Gasteiger partial charge in [-0.3, -0.25) is 4.79 Å². The van der Waals surface area contributed by atoms with Gasteiger partial charge in [0, 0.05) is 31.9 Å². The van der Waals surface area contributed by atoms with Crippen LogP contribution in [0.15, 0.2) is 22.9 Å². The highest BCUT2D eigenvalue weighted by molar-refractivity contribution is 9.10. The molecule has 0 radical (unpaired) electrons. The minimum absolute atomic E-state index is 0.00773. The van der Waals surface area contributed by atoms with E-state index in [0.717, 1.165) is 6.54 Å². The molecule has 1 rings (SSSR count). The fraction of sp³-hybridized carbons (Fsp3) is 0.400. The summed E-state index contributed by atoms with van der Waals surface area (Å²) in [6.07, 6.45) is 1.61. The van der Waals surface area contributed by atoms with Crippen LogP contribution in [0.25, 0.3) is 0 Å². The quantitative estimate of drug-likeness (QED) is 0.836. The fourth-order valence-corrected chi connectivity index (χ4v) is 1.50. The monoisotopic (exact) mass is 271 g/mol. The summed E-state index contributed by atoms with van der Waals surface area (Å²) in [6.45, 7) is 1.48. The van der Waals surface area contributed by atoms with Crippen molar-refractivity contribution in [1.82, 2.24) is 15.2 Å². The van der Waals surface area contributed by atoms with Crippen molar-refractivity contribution in [3.8, 4) is 0 Å². The average molecular weight is 272 g/mol. The zero-order valence-electron chi connectivity index (χ0n) is 8.83. The second-order valence-corrected chi connectivity index (χ2v) is 4.01. The molecule has 4 nitrogen and oxygen atoms in total. The number of likely N-dealkylation sites (N-methyl/N-ethyl adjacent to an activating group) is 2. The predicted octanol–water partition coefficient (Wildman–Crippen LogP) is 1.14. The second-order valence-electron chi connectivity index (χ2n) is 3.20. The first kappa shape index (κ1) is 12.1. The predicted molar refractivity (Wildman–Crippen MR) is 62.8 cm³/mol. The van der Waals surface area contributed by atoms with Crippen LogP contribution in [0.5, 0.6) is 0 Å². The molecule has 0 unspecified atom stereocenters. The summed E-state index contributed by atoms with van der Waals surface area (Å²) in [7, 11) is 3.65. The molecule has 0 spiro atoms. The van der Waals surface area contributed by atoms with Gasteiger partial charge in [-0.05, 0) is 35.1 Å². The normalized spacial score (nSPS) is 10.1. The third kappa shape index (κ3) is 3.60. The van der Waals surface area contributed by atoms with Crippen molar-refractivity contribution < 1.29 is 4.79 Å². The van der Waals surface area contributed by atoms with E-state index in [1.54, 1.807) is 30.3 Å². The third-order valence-electron chi connectivity index (χ3n) is 2.02. The smallest absolute Gasteiger partial charge is 0.253 e. The largest absolute Gasteiger partial charge is 0.340 e. The number of nitrogens with one attached hydrogen (secondary N) is 1. The molecule has 0 saturated heterocycles. The van der Waals surface area contributed by atoms with Crippen LogP contribution in [-0.2, 0) is 0 Å². The topological polar surface area (TPSA) is 45.2 Å². The molecular formula is C10H14BrN3O. The molecule has 0 fully saturated rings. The Kier molecular flexibility index (Phi) is 4.71. The summed E-state index contributed by atoms with van der Waals surface area (Å²) in [5.74, 6) is 0.00773. The minimum Gasteiger partial charge on any atom is -0.340 e. The average Bonchev–Trinajstić information content (AvgIpc) is 2.24. The maximum absolute atomic E-state index is 11.9. The Hall–Kier alpha value is -0.940. The van der Waals surface area contributed by atoms with Crippen molar-refractivity contribution in [2.24, 2.45) is 0 Å². The van der Waals surface area contributed by atoms with E-state index in [0.29, 0.717) is 16.7 Å². The van der Waals surface area contributed by atoms with E-state index in [2.05, 4.69) is 26.2 Å². The summed E-state index contributed by atoms with van der Waals surface area (Å²) in [4.78, 5) is 17.5. The molecule has 82 valence electrons. The molecule has 1 amide bonds. The van der Waals surface area contributed by atoms with E-state index >= 15 is 0 Å². The van der Waals surface area contributed by atoms with E-state index in [4.69, 9.17) is 0 Å². The molecular weight excluding hydrogens is 258 g/mol. The van der Waals surface area contributed by atoms with E-state index < -0.39 is 0 Å². The van der Waals surface area contributed by atoms with Gasteiger partial charge in [0.15, 0.2) is 0 Å². The SMILES string of the molecule is CNCCN(C)C(=O)c1ccnc(Br)c1. The van der Waals surface area contributed by atoms with Crippen LogP contribution in [0, 0.1) is 0 Å². The molecule has 5 heteroatoms. The Balaban J connectivity index is 2.67. The number of carbonyl (C=O) groups is 1. The van der Waals surface area contributed by atoms with E-state index in [1.807, 2.05) is 7.05 Å². The van der Waals surface area contributed by atoms with Gasteiger partial charge in [-0.15, -0.1) is 0 Å². The minimum atomic E-state index is 0.00773. The Morgan fingerprint density at radius 1 is 1.67 bits per heavy atom. The van der Waals surface area contributed by atoms with Gasteiger partial charge < -0.3 is 10.2 Å². The summed E-state index contributed by atoms with van der Waals surface area (Å²) < 4.78 is 0.676. The fourth-order valence-electron chi connectivity index (χ4n) is 1.14. The Bertz CT molecular complexity index is 343. The van der Waals surface area contributed by atoms with Gasteiger partial charge in [0.25, 0.3) is 5.91 Å². The lowest BCUT2D eigenvalue weighted by Gasteiger charge is -2.16. The Morgan fingerprint density at radius 2 is 2.40 bits per heavy atom. The molecule has 0 saturated carbocycles. The Morgan fingerprint density at radius 3 is 3.00 bits per heavy atom. The summed E-state index contributed by atoms with van der Waals surface area (Å²) in [6, 6.07) is 3.43. The number of rotatable bonds is 4. The molecule has 0 bridgehead atoms. The molecule has 0 aliphatic carbocycles. The molecule has 0 aliphatic heterocycles. The molecule has 0 aliphatic rings. The maximum Gasteiger partial charge on any atom is 0.253 e. The van der Waals surface area contributed by atoms with Gasteiger partial charge in [0.05, 0.1) is 0 Å². The Labute approximate surface area is 97.8 Å². The van der Waals surface area contributed by atoms with Crippen molar-refractivity contribution in [3.63, 3.8) is 0 Å². The first-order chi connectivity index (χ1) is 7.15.